The lowest BCUT2D eigenvalue weighted by molar-refractivity contribution is 0.881. The van der Waals surface area contributed by atoms with E-state index >= 15 is 0 Å². The van der Waals surface area contributed by atoms with Gasteiger partial charge in [-0.05, 0) is 30.7 Å². The Kier molecular flexibility index (Phi) is 3.51. The van der Waals surface area contributed by atoms with Gasteiger partial charge in [0.1, 0.15) is 0 Å². The largest absolute Gasteiger partial charge is 0.239 e. The molecule has 4 heteroatoms. The van der Waals surface area contributed by atoms with E-state index in [9.17, 15) is 0 Å². The van der Waals surface area contributed by atoms with Crippen LogP contribution < -0.4 is 0 Å². The van der Waals surface area contributed by atoms with Gasteiger partial charge in [0.2, 0.25) is 0 Å². The van der Waals surface area contributed by atoms with E-state index in [4.69, 9.17) is 23.2 Å². The summed E-state index contributed by atoms with van der Waals surface area (Å²) in [6, 6.07) is 13.7. The molecule has 1 aromatic heterocycles. The van der Waals surface area contributed by atoms with Gasteiger partial charge in [-0.2, -0.15) is 5.10 Å². The molecule has 2 nitrogen and oxygen atoms in total. The maximum Gasteiger partial charge on any atom is 0.0833 e. The third kappa shape index (κ3) is 2.58. The van der Waals surface area contributed by atoms with Crippen LogP contribution in [0.4, 0.5) is 0 Å². The summed E-state index contributed by atoms with van der Waals surface area (Å²) >= 11 is 12.1. The fourth-order valence-electron chi connectivity index (χ4n) is 2.02. The first-order valence-electron chi connectivity index (χ1n) is 6.20. The highest BCUT2D eigenvalue weighted by atomic mass is 35.5. The number of hydrogen-bond acceptors (Lipinski definition) is 1. The van der Waals surface area contributed by atoms with Crippen LogP contribution in [0.25, 0.3) is 16.8 Å². The van der Waals surface area contributed by atoms with E-state index in [0.29, 0.717) is 10.0 Å². The fraction of sp³-hybridized carbons (Fsp3) is 0.0625. The van der Waals surface area contributed by atoms with Crippen molar-refractivity contribution in [1.82, 2.24) is 9.78 Å². The molecule has 0 saturated carbocycles. The second-order valence-corrected chi connectivity index (χ2v) is 5.48. The predicted molar refractivity (Wildman–Crippen MR) is 83.8 cm³/mol. The zero-order valence-electron chi connectivity index (χ0n) is 10.8. The van der Waals surface area contributed by atoms with Gasteiger partial charge in [0.25, 0.3) is 0 Å². The van der Waals surface area contributed by atoms with Crippen LogP contribution >= 0.6 is 23.2 Å². The second-order valence-electron chi connectivity index (χ2n) is 4.64. The summed E-state index contributed by atoms with van der Waals surface area (Å²) < 4.78 is 1.76. The molecule has 0 aliphatic carbocycles. The number of hydrogen-bond donors (Lipinski definition) is 0. The van der Waals surface area contributed by atoms with Gasteiger partial charge in [-0.15, -0.1) is 0 Å². The van der Waals surface area contributed by atoms with Gasteiger partial charge in [0.05, 0.1) is 16.9 Å². The standard InChI is InChI=1S/C16H12Cl2N2/c1-11-2-4-12(5-3-11)13-9-19-20(10-13)16-7-6-14(17)8-15(16)18/h2-10H,1H3. The highest BCUT2D eigenvalue weighted by molar-refractivity contribution is 6.35. The smallest absolute Gasteiger partial charge is 0.0833 e. The maximum atomic E-state index is 6.19. The average molecular weight is 303 g/mol. The van der Waals surface area contributed by atoms with E-state index in [2.05, 4.69) is 36.3 Å². The molecule has 1 heterocycles. The number of halogens is 2. The molecule has 0 unspecified atom stereocenters. The number of benzene rings is 2. The van der Waals surface area contributed by atoms with E-state index in [1.54, 1.807) is 16.8 Å². The van der Waals surface area contributed by atoms with E-state index in [-0.39, 0.29) is 0 Å². The van der Waals surface area contributed by atoms with Crippen LogP contribution in [-0.2, 0) is 0 Å². The molecule has 0 atom stereocenters. The molecule has 100 valence electrons. The van der Waals surface area contributed by atoms with Crippen molar-refractivity contribution in [2.75, 3.05) is 0 Å². The minimum Gasteiger partial charge on any atom is -0.239 e. The van der Waals surface area contributed by atoms with Crippen LogP contribution in [0.3, 0.4) is 0 Å². The second kappa shape index (κ2) is 5.31. The molecule has 0 fully saturated rings. The normalized spacial score (nSPS) is 10.8. The van der Waals surface area contributed by atoms with Gasteiger partial charge in [0.15, 0.2) is 0 Å². The minimum absolute atomic E-state index is 0.580. The Morgan fingerprint density at radius 2 is 1.70 bits per heavy atom. The van der Waals surface area contributed by atoms with Crippen molar-refractivity contribution in [2.45, 2.75) is 6.92 Å². The predicted octanol–water partition coefficient (Wildman–Crippen LogP) is 5.15. The first-order valence-corrected chi connectivity index (χ1v) is 6.96. The molecular weight excluding hydrogens is 291 g/mol. The van der Waals surface area contributed by atoms with Crippen molar-refractivity contribution < 1.29 is 0 Å². The number of rotatable bonds is 2. The molecule has 0 saturated heterocycles. The fourth-order valence-corrected chi connectivity index (χ4v) is 2.51. The Morgan fingerprint density at radius 3 is 2.40 bits per heavy atom. The average Bonchev–Trinajstić information content (AvgIpc) is 2.89. The topological polar surface area (TPSA) is 17.8 Å². The first-order chi connectivity index (χ1) is 9.63. The molecule has 0 radical (unpaired) electrons. The highest BCUT2D eigenvalue weighted by Crippen LogP contribution is 2.26. The molecule has 3 aromatic rings. The quantitative estimate of drug-likeness (QED) is 0.640. The monoisotopic (exact) mass is 302 g/mol. The van der Waals surface area contributed by atoms with Crippen LogP contribution in [0.2, 0.25) is 10.0 Å². The molecule has 0 aliphatic heterocycles. The van der Waals surface area contributed by atoms with Crippen molar-refractivity contribution in [3.8, 4) is 16.8 Å². The number of nitrogens with zero attached hydrogens (tertiary/aromatic N) is 2. The first kappa shape index (κ1) is 13.2. The third-order valence-electron chi connectivity index (χ3n) is 3.12. The van der Waals surface area contributed by atoms with E-state index in [1.807, 2.05) is 18.5 Å². The molecule has 0 bridgehead atoms. The molecule has 0 N–H and O–H groups in total. The maximum absolute atomic E-state index is 6.19. The molecule has 0 aliphatic rings. The summed E-state index contributed by atoms with van der Waals surface area (Å²) in [7, 11) is 0. The highest BCUT2D eigenvalue weighted by Gasteiger charge is 2.07. The van der Waals surface area contributed by atoms with Crippen molar-refractivity contribution >= 4 is 23.2 Å². The van der Waals surface area contributed by atoms with Crippen LogP contribution in [0.1, 0.15) is 5.56 Å². The Hall–Kier alpha value is -1.77. The number of aryl methyl sites for hydroxylation is 1. The van der Waals surface area contributed by atoms with Gasteiger partial charge >= 0.3 is 0 Å². The van der Waals surface area contributed by atoms with Gasteiger partial charge in [-0.3, -0.25) is 0 Å². The van der Waals surface area contributed by atoms with Crippen molar-refractivity contribution in [3.63, 3.8) is 0 Å². The summed E-state index contributed by atoms with van der Waals surface area (Å²) in [5.74, 6) is 0. The van der Waals surface area contributed by atoms with Gasteiger partial charge < -0.3 is 0 Å². The third-order valence-corrected chi connectivity index (χ3v) is 3.66. The summed E-state index contributed by atoms with van der Waals surface area (Å²) in [6.45, 7) is 2.07. The van der Waals surface area contributed by atoms with Gasteiger partial charge in [0, 0.05) is 16.8 Å². The lowest BCUT2D eigenvalue weighted by Crippen LogP contribution is -1.94. The lowest BCUT2D eigenvalue weighted by Gasteiger charge is -2.04. The van der Waals surface area contributed by atoms with E-state index < -0.39 is 0 Å². The van der Waals surface area contributed by atoms with Gasteiger partial charge in [-0.1, -0.05) is 53.0 Å². The Morgan fingerprint density at radius 1 is 0.950 bits per heavy atom. The molecule has 0 amide bonds. The molecule has 2 aromatic carbocycles. The molecular formula is C16H12Cl2N2. The Bertz CT molecular complexity index is 745. The molecule has 20 heavy (non-hydrogen) atoms. The van der Waals surface area contributed by atoms with Crippen molar-refractivity contribution in [2.24, 2.45) is 0 Å². The van der Waals surface area contributed by atoms with Crippen LogP contribution in [0, 0.1) is 6.92 Å². The summed E-state index contributed by atoms with van der Waals surface area (Å²) in [5.41, 5.74) is 4.24. The molecule has 0 spiro atoms. The van der Waals surface area contributed by atoms with E-state index in [0.717, 1.165) is 16.8 Å². The summed E-state index contributed by atoms with van der Waals surface area (Å²) in [4.78, 5) is 0. The zero-order valence-corrected chi connectivity index (χ0v) is 12.4. The summed E-state index contributed by atoms with van der Waals surface area (Å²) in [6.07, 6.45) is 3.79. The van der Waals surface area contributed by atoms with Crippen LogP contribution in [0.5, 0.6) is 0 Å². The van der Waals surface area contributed by atoms with Crippen molar-refractivity contribution in [1.29, 1.82) is 0 Å². The molecule has 3 rings (SSSR count). The van der Waals surface area contributed by atoms with Crippen molar-refractivity contribution in [3.05, 3.63) is 70.5 Å². The minimum atomic E-state index is 0.580. The van der Waals surface area contributed by atoms with E-state index in [1.165, 1.54) is 5.56 Å². The number of aromatic nitrogens is 2. The summed E-state index contributed by atoms with van der Waals surface area (Å²) in [5, 5.41) is 5.56. The van der Waals surface area contributed by atoms with Crippen LogP contribution in [-0.4, -0.2) is 9.78 Å². The zero-order chi connectivity index (χ0) is 14.1. The Balaban J connectivity index is 1.99. The lowest BCUT2D eigenvalue weighted by atomic mass is 10.1. The van der Waals surface area contributed by atoms with Gasteiger partial charge in [-0.25, -0.2) is 4.68 Å². The Labute approximate surface area is 127 Å². The SMILES string of the molecule is Cc1ccc(-c2cnn(-c3ccc(Cl)cc3Cl)c2)cc1. The van der Waals surface area contributed by atoms with Crippen LogP contribution in [0.15, 0.2) is 54.9 Å².